The number of hydrogen-bond donors (Lipinski definition) is 3. The van der Waals surface area contributed by atoms with Gasteiger partial charge in [-0.05, 0) is 25.0 Å². The van der Waals surface area contributed by atoms with E-state index < -0.39 is 0 Å². The van der Waals surface area contributed by atoms with E-state index in [2.05, 4.69) is 37.4 Å². The van der Waals surface area contributed by atoms with E-state index in [0.29, 0.717) is 6.54 Å². The number of aliphatic hydroxyl groups is 2. The summed E-state index contributed by atoms with van der Waals surface area (Å²) in [5, 5.41) is 20.9. The van der Waals surface area contributed by atoms with Crippen molar-refractivity contribution < 1.29 is 10.2 Å². The molecule has 0 amide bonds. The second-order valence-electron chi connectivity index (χ2n) is 3.87. The number of aryl methyl sites for hydroxylation is 2. The molecule has 0 atom stereocenters. The molecule has 3 heteroatoms. The van der Waals surface area contributed by atoms with Gasteiger partial charge in [0.1, 0.15) is 0 Å². The van der Waals surface area contributed by atoms with Crippen molar-refractivity contribution in [1.82, 2.24) is 5.32 Å². The van der Waals surface area contributed by atoms with Crippen LogP contribution in [0.4, 0.5) is 0 Å². The van der Waals surface area contributed by atoms with E-state index in [4.69, 9.17) is 10.2 Å². The van der Waals surface area contributed by atoms with E-state index in [-0.39, 0.29) is 19.3 Å². The summed E-state index contributed by atoms with van der Waals surface area (Å²) in [5.74, 6) is 0. The molecular formula is C12H19NO2. The first kappa shape index (κ1) is 12.2. The zero-order valence-electron chi connectivity index (χ0n) is 9.33. The molecule has 0 aliphatic carbocycles. The Morgan fingerprint density at radius 2 is 1.87 bits per heavy atom. The predicted octanol–water partition coefficient (Wildman–Crippen LogP) is 0.746. The van der Waals surface area contributed by atoms with E-state index in [0.717, 1.165) is 0 Å². The molecule has 84 valence electrons. The average molecular weight is 209 g/mol. The fourth-order valence-corrected chi connectivity index (χ4v) is 1.43. The molecule has 1 aromatic rings. The van der Waals surface area contributed by atoms with Crippen LogP contribution in [0.25, 0.3) is 0 Å². The molecule has 0 unspecified atom stereocenters. The molecule has 0 saturated heterocycles. The van der Waals surface area contributed by atoms with Crippen molar-refractivity contribution in [2.75, 3.05) is 13.2 Å². The fourth-order valence-electron chi connectivity index (χ4n) is 1.43. The summed E-state index contributed by atoms with van der Waals surface area (Å²) in [6.45, 7) is 4.71. The minimum absolute atomic E-state index is 0.0403. The quantitative estimate of drug-likeness (QED) is 0.670. The van der Waals surface area contributed by atoms with Gasteiger partial charge in [0, 0.05) is 6.54 Å². The van der Waals surface area contributed by atoms with Crippen LogP contribution in [-0.2, 0) is 6.54 Å². The smallest absolute Gasteiger partial charge is 0.0607 e. The Labute approximate surface area is 90.8 Å². The second kappa shape index (κ2) is 5.85. The molecule has 0 fully saturated rings. The van der Waals surface area contributed by atoms with Crippen molar-refractivity contribution >= 4 is 0 Å². The van der Waals surface area contributed by atoms with Gasteiger partial charge < -0.3 is 15.5 Å². The molecule has 0 saturated carbocycles. The molecule has 0 radical (unpaired) electrons. The number of benzene rings is 1. The lowest BCUT2D eigenvalue weighted by atomic mass is 10.1. The Hall–Kier alpha value is -0.900. The number of aliphatic hydroxyl groups excluding tert-OH is 2. The van der Waals surface area contributed by atoms with E-state index in [1.165, 1.54) is 16.7 Å². The van der Waals surface area contributed by atoms with Crippen LogP contribution in [0.5, 0.6) is 0 Å². The van der Waals surface area contributed by atoms with Gasteiger partial charge in [-0.3, -0.25) is 0 Å². The molecular weight excluding hydrogens is 190 g/mol. The summed E-state index contributed by atoms with van der Waals surface area (Å²) in [4.78, 5) is 0. The van der Waals surface area contributed by atoms with Gasteiger partial charge in [-0.15, -0.1) is 0 Å². The van der Waals surface area contributed by atoms with Crippen LogP contribution in [-0.4, -0.2) is 29.5 Å². The van der Waals surface area contributed by atoms with Crippen LogP contribution in [0.2, 0.25) is 0 Å². The lowest BCUT2D eigenvalue weighted by Crippen LogP contribution is -2.35. The minimum atomic E-state index is -0.232. The third kappa shape index (κ3) is 3.63. The maximum atomic E-state index is 8.91. The third-order valence-electron chi connectivity index (χ3n) is 2.53. The molecule has 1 rings (SSSR count). The molecule has 0 spiro atoms. The SMILES string of the molecule is Cc1ccc(C)c(CNC(CO)CO)c1. The van der Waals surface area contributed by atoms with Crippen molar-refractivity contribution in [3.63, 3.8) is 0 Å². The molecule has 0 aromatic heterocycles. The monoisotopic (exact) mass is 209 g/mol. The number of rotatable bonds is 5. The zero-order chi connectivity index (χ0) is 11.3. The fraction of sp³-hybridized carbons (Fsp3) is 0.500. The zero-order valence-corrected chi connectivity index (χ0v) is 9.33. The van der Waals surface area contributed by atoms with E-state index in [9.17, 15) is 0 Å². The van der Waals surface area contributed by atoms with Crippen LogP contribution in [0.1, 0.15) is 16.7 Å². The lowest BCUT2D eigenvalue weighted by Gasteiger charge is -2.14. The lowest BCUT2D eigenvalue weighted by molar-refractivity contribution is 0.170. The van der Waals surface area contributed by atoms with E-state index in [1.807, 2.05) is 0 Å². The minimum Gasteiger partial charge on any atom is -0.395 e. The topological polar surface area (TPSA) is 52.5 Å². The van der Waals surface area contributed by atoms with Crippen molar-refractivity contribution in [1.29, 1.82) is 0 Å². The largest absolute Gasteiger partial charge is 0.395 e. The normalized spacial score (nSPS) is 11.0. The Bertz CT molecular complexity index is 308. The van der Waals surface area contributed by atoms with Gasteiger partial charge in [0.15, 0.2) is 0 Å². The van der Waals surface area contributed by atoms with Gasteiger partial charge in [0.05, 0.1) is 19.3 Å². The molecule has 3 N–H and O–H groups in total. The summed E-state index contributed by atoms with van der Waals surface area (Å²) in [5.41, 5.74) is 3.66. The van der Waals surface area contributed by atoms with Gasteiger partial charge in [-0.1, -0.05) is 23.8 Å². The first-order chi connectivity index (χ1) is 7.17. The van der Waals surface area contributed by atoms with Gasteiger partial charge in [0.2, 0.25) is 0 Å². The highest BCUT2D eigenvalue weighted by Gasteiger charge is 2.05. The Kier molecular flexibility index (Phi) is 4.75. The highest BCUT2D eigenvalue weighted by Crippen LogP contribution is 2.10. The van der Waals surface area contributed by atoms with E-state index >= 15 is 0 Å². The van der Waals surface area contributed by atoms with Crippen LogP contribution in [0, 0.1) is 13.8 Å². The molecule has 15 heavy (non-hydrogen) atoms. The van der Waals surface area contributed by atoms with Gasteiger partial charge in [-0.25, -0.2) is 0 Å². The van der Waals surface area contributed by atoms with Crippen LogP contribution in [0.15, 0.2) is 18.2 Å². The first-order valence-electron chi connectivity index (χ1n) is 5.18. The van der Waals surface area contributed by atoms with Crippen LogP contribution < -0.4 is 5.32 Å². The Morgan fingerprint density at radius 3 is 2.47 bits per heavy atom. The van der Waals surface area contributed by atoms with Crippen molar-refractivity contribution in [3.05, 3.63) is 34.9 Å². The standard InChI is InChI=1S/C12H19NO2/c1-9-3-4-10(2)11(5-9)6-13-12(7-14)8-15/h3-5,12-15H,6-8H2,1-2H3. The molecule has 1 aromatic carbocycles. The van der Waals surface area contributed by atoms with Gasteiger partial charge in [0.25, 0.3) is 0 Å². The molecule has 0 heterocycles. The van der Waals surface area contributed by atoms with E-state index in [1.54, 1.807) is 0 Å². The number of hydrogen-bond acceptors (Lipinski definition) is 3. The maximum absolute atomic E-state index is 8.91. The first-order valence-corrected chi connectivity index (χ1v) is 5.18. The predicted molar refractivity (Wildman–Crippen MR) is 60.7 cm³/mol. The molecule has 0 aliphatic rings. The summed E-state index contributed by atoms with van der Waals surface area (Å²) < 4.78 is 0. The highest BCUT2D eigenvalue weighted by atomic mass is 16.3. The summed E-state index contributed by atoms with van der Waals surface area (Å²) in [6.07, 6.45) is 0. The van der Waals surface area contributed by atoms with Crippen molar-refractivity contribution in [2.45, 2.75) is 26.4 Å². The average Bonchev–Trinajstić information content (AvgIpc) is 2.24. The third-order valence-corrected chi connectivity index (χ3v) is 2.53. The maximum Gasteiger partial charge on any atom is 0.0607 e. The Morgan fingerprint density at radius 1 is 1.20 bits per heavy atom. The van der Waals surface area contributed by atoms with Crippen LogP contribution in [0.3, 0.4) is 0 Å². The molecule has 0 bridgehead atoms. The number of nitrogens with one attached hydrogen (secondary N) is 1. The van der Waals surface area contributed by atoms with Crippen molar-refractivity contribution in [2.24, 2.45) is 0 Å². The van der Waals surface area contributed by atoms with Gasteiger partial charge >= 0.3 is 0 Å². The Balaban J connectivity index is 2.60. The molecule has 0 aliphatic heterocycles. The second-order valence-corrected chi connectivity index (χ2v) is 3.87. The van der Waals surface area contributed by atoms with Crippen LogP contribution >= 0.6 is 0 Å². The summed E-state index contributed by atoms with van der Waals surface area (Å²) in [6, 6.07) is 6.05. The summed E-state index contributed by atoms with van der Waals surface area (Å²) >= 11 is 0. The highest BCUT2D eigenvalue weighted by molar-refractivity contribution is 5.30. The summed E-state index contributed by atoms with van der Waals surface area (Å²) in [7, 11) is 0. The van der Waals surface area contributed by atoms with Crippen molar-refractivity contribution in [3.8, 4) is 0 Å². The molecule has 3 nitrogen and oxygen atoms in total. The van der Waals surface area contributed by atoms with Gasteiger partial charge in [-0.2, -0.15) is 0 Å².